The summed E-state index contributed by atoms with van der Waals surface area (Å²) in [7, 11) is 0. The normalized spacial score (nSPS) is 19.0. The average molecular weight is 325 g/mol. The van der Waals surface area contributed by atoms with Gasteiger partial charge in [-0.2, -0.15) is 0 Å². The van der Waals surface area contributed by atoms with Crippen molar-refractivity contribution >= 4 is 28.4 Å². The number of hydrogen-bond donors (Lipinski definition) is 2. The minimum Gasteiger partial charge on any atom is -0.356 e. The Kier molecular flexibility index (Phi) is 5.08. The predicted octanol–water partition coefficient (Wildman–Crippen LogP) is 3.12. The highest BCUT2D eigenvalue weighted by Gasteiger charge is 2.47. The molecule has 1 saturated carbocycles. The number of anilines is 1. The van der Waals surface area contributed by atoms with Crippen molar-refractivity contribution in [3.05, 3.63) is 36.5 Å². The smallest absolute Gasteiger partial charge is 0.228 e. The number of aromatic nitrogens is 1. The van der Waals surface area contributed by atoms with Crippen LogP contribution in [0.3, 0.4) is 0 Å². The molecule has 1 aliphatic carbocycles. The summed E-state index contributed by atoms with van der Waals surface area (Å²) < 4.78 is 0. The Morgan fingerprint density at radius 2 is 1.92 bits per heavy atom. The van der Waals surface area contributed by atoms with Crippen LogP contribution in [0.4, 0.5) is 5.69 Å². The summed E-state index contributed by atoms with van der Waals surface area (Å²) in [6, 6.07) is 9.52. The molecule has 2 atom stereocenters. The Hall–Kier alpha value is -2.43. The van der Waals surface area contributed by atoms with Gasteiger partial charge in [0, 0.05) is 18.1 Å². The van der Waals surface area contributed by atoms with Crippen LogP contribution in [0.2, 0.25) is 0 Å². The first-order valence-electron chi connectivity index (χ1n) is 8.63. The Labute approximate surface area is 141 Å². The zero-order chi connectivity index (χ0) is 16.9. The molecule has 1 aliphatic rings. The molecule has 2 unspecified atom stereocenters. The Morgan fingerprint density at radius 1 is 1.12 bits per heavy atom. The first-order valence-corrected chi connectivity index (χ1v) is 8.63. The minimum absolute atomic E-state index is 0.00213. The molecule has 1 aromatic carbocycles. The van der Waals surface area contributed by atoms with E-state index in [1.807, 2.05) is 30.3 Å². The van der Waals surface area contributed by atoms with Crippen LogP contribution in [0.5, 0.6) is 0 Å². The maximum Gasteiger partial charge on any atom is 0.228 e. The molecule has 2 N–H and O–H groups in total. The predicted molar refractivity (Wildman–Crippen MR) is 94.5 cm³/mol. The van der Waals surface area contributed by atoms with E-state index >= 15 is 0 Å². The van der Waals surface area contributed by atoms with Crippen LogP contribution in [-0.4, -0.2) is 23.3 Å². The number of nitrogens with one attached hydrogen (secondary N) is 2. The van der Waals surface area contributed by atoms with E-state index in [1.165, 1.54) is 0 Å². The molecule has 1 aromatic heterocycles. The quantitative estimate of drug-likeness (QED) is 0.768. The number of para-hydroxylation sites is 1. The molecule has 0 spiro atoms. The number of unbranched alkanes of at least 4 members (excludes halogenated alkanes) is 2. The highest BCUT2D eigenvalue weighted by Crippen LogP contribution is 2.39. The van der Waals surface area contributed by atoms with Crippen molar-refractivity contribution in [3.8, 4) is 0 Å². The molecule has 0 radical (unpaired) electrons. The molecule has 1 heterocycles. The standard InChI is InChI=1S/C19H23N3O2/c1-2-3-4-10-21-18(23)14-12-15(14)19(24)22-16-9-5-7-13-8-6-11-20-17(13)16/h5-9,11,14-15H,2-4,10,12H2,1H3,(H,21,23)(H,22,24). The molecule has 24 heavy (non-hydrogen) atoms. The number of rotatable bonds is 7. The second-order valence-electron chi connectivity index (χ2n) is 6.32. The van der Waals surface area contributed by atoms with Crippen LogP contribution in [0.1, 0.15) is 32.6 Å². The van der Waals surface area contributed by atoms with Gasteiger partial charge >= 0.3 is 0 Å². The maximum absolute atomic E-state index is 12.4. The molecule has 126 valence electrons. The van der Waals surface area contributed by atoms with Crippen molar-refractivity contribution in [1.82, 2.24) is 10.3 Å². The van der Waals surface area contributed by atoms with Crippen LogP contribution in [-0.2, 0) is 9.59 Å². The van der Waals surface area contributed by atoms with E-state index in [1.54, 1.807) is 6.20 Å². The summed E-state index contributed by atoms with van der Waals surface area (Å²) in [5.41, 5.74) is 1.47. The number of pyridine rings is 1. The summed E-state index contributed by atoms with van der Waals surface area (Å²) in [6.45, 7) is 2.83. The van der Waals surface area contributed by atoms with Crippen LogP contribution in [0.15, 0.2) is 36.5 Å². The molecular weight excluding hydrogens is 302 g/mol. The Bertz CT molecular complexity index is 739. The number of amides is 2. The van der Waals surface area contributed by atoms with E-state index in [0.29, 0.717) is 18.7 Å². The van der Waals surface area contributed by atoms with Gasteiger partial charge in [0.2, 0.25) is 11.8 Å². The van der Waals surface area contributed by atoms with Gasteiger partial charge in [0.05, 0.1) is 23.0 Å². The fraction of sp³-hybridized carbons (Fsp3) is 0.421. The van der Waals surface area contributed by atoms with Gasteiger partial charge in [-0.25, -0.2) is 0 Å². The van der Waals surface area contributed by atoms with Gasteiger partial charge in [0.25, 0.3) is 0 Å². The van der Waals surface area contributed by atoms with E-state index in [0.717, 1.165) is 30.2 Å². The highest BCUT2D eigenvalue weighted by atomic mass is 16.2. The van der Waals surface area contributed by atoms with Gasteiger partial charge in [-0.15, -0.1) is 0 Å². The zero-order valence-corrected chi connectivity index (χ0v) is 13.9. The van der Waals surface area contributed by atoms with E-state index in [-0.39, 0.29) is 23.7 Å². The fourth-order valence-corrected chi connectivity index (χ4v) is 2.92. The summed E-state index contributed by atoms with van der Waals surface area (Å²) in [4.78, 5) is 28.8. The van der Waals surface area contributed by atoms with Gasteiger partial charge in [-0.1, -0.05) is 38.0 Å². The lowest BCUT2D eigenvalue weighted by Crippen LogP contribution is -2.28. The molecule has 3 rings (SSSR count). The fourth-order valence-electron chi connectivity index (χ4n) is 2.92. The molecule has 5 nitrogen and oxygen atoms in total. The number of nitrogens with zero attached hydrogens (tertiary/aromatic N) is 1. The first-order chi connectivity index (χ1) is 11.7. The van der Waals surface area contributed by atoms with Gasteiger partial charge in [0.15, 0.2) is 0 Å². The van der Waals surface area contributed by atoms with Gasteiger partial charge in [-0.3, -0.25) is 14.6 Å². The molecule has 5 heteroatoms. The molecule has 0 bridgehead atoms. The summed E-state index contributed by atoms with van der Waals surface area (Å²) in [6.07, 6.45) is 5.57. The van der Waals surface area contributed by atoms with E-state index in [2.05, 4.69) is 22.5 Å². The number of carbonyl (C=O) groups excluding carboxylic acids is 2. The monoisotopic (exact) mass is 325 g/mol. The SMILES string of the molecule is CCCCCNC(=O)C1CC1C(=O)Nc1cccc2cccnc12. The van der Waals surface area contributed by atoms with Crippen molar-refractivity contribution in [3.63, 3.8) is 0 Å². The third-order valence-electron chi connectivity index (χ3n) is 4.43. The van der Waals surface area contributed by atoms with Crippen LogP contribution in [0, 0.1) is 11.8 Å². The highest BCUT2D eigenvalue weighted by molar-refractivity contribution is 6.04. The molecular formula is C19H23N3O2. The van der Waals surface area contributed by atoms with Gasteiger partial charge in [0.1, 0.15) is 0 Å². The van der Waals surface area contributed by atoms with Crippen LogP contribution in [0.25, 0.3) is 10.9 Å². The van der Waals surface area contributed by atoms with Crippen molar-refractivity contribution in [2.45, 2.75) is 32.6 Å². The maximum atomic E-state index is 12.4. The van der Waals surface area contributed by atoms with Crippen LogP contribution >= 0.6 is 0 Å². The average Bonchev–Trinajstić information content (AvgIpc) is 3.40. The molecule has 0 aliphatic heterocycles. The number of carbonyl (C=O) groups is 2. The van der Waals surface area contributed by atoms with Crippen molar-refractivity contribution in [1.29, 1.82) is 0 Å². The van der Waals surface area contributed by atoms with Crippen molar-refractivity contribution < 1.29 is 9.59 Å². The summed E-state index contributed by atoms with van der Waals surface area (Å²) in [5.74, 6) is -0.506. The lowest BCUT2D eigenvalue weighted by molar-refractivity contribution is -0.125. The zero-order valence-electron chi connectivity index (χ0n) is 13.9. The number of hydrogen-bond acceptors (Lipinski definition) is 3. The van der Waals surface area contributed by atoms with E-state index in [4.69, 9.17) is 0 Å². The number of fused-ring (bicyclic) bond motifs is 1. The largest absolute Gasteiger partial charge is 0.356 e. The van der Waals surface area contributed by atoms with Crippen LogP contribution < -0.4 is 10.6 Å². The van der Waals surface area contributed by atoms with E-state index < -0.39 is 0 Å². The van der Waals surface area contributed by atoms with Crippen molar-refractivity contribution in [2.24, 2.45) is 11.8 Å². The molecule has 2 aromatic rings. The Morgan fingerprint density at radius 3 is 2.75 bits per heavy atom. The topological polar surface area (TPSA) is 71.1 Å². The summed E-state index contributed by atoms with van der Waals surface area (Å²) in [5, 5.41) is 6.84. The lowest BCUT2D eigenvalue weighted by atomic mass is 10.2. The second kappa shape index (κ2) is 7.43. The van der Waals surface area contributed by atoms with E-state index in [9.17, 15) is 9.59 Å². The summed E-state index contributed by atoms with van der Waals surface area (Å²) >= 11 is 0. The van der Waals surface area contributed by atoms with Gasteiger partial charge in [-0.05, 0) is 25.0 Å². The Balaban J connectivity index is 1.56. The van der Waals surface area contributed by atoms with Gasteiger partial charge < -0.3 is 10.6 Å². The molecule has 2 amide bonds. The lowest BCUT2D eigenvalue weighted by Gasteiger charge is -2.08. The third kappa shape index (κ3) is 3.72. The third-order valence-corrected chi connectivity index (χ3v) is 4.43. The van der Waals surface area contributed by atoms with Crippen molar-refractivity contribution in [2.75, 3.05) is 11.9 Å². The second-order valence-corrected chi connectivity index (χ2v) is 6.32. The number of benzene rings is 1. The first kappa shape index (κ1) is 16.4. The minimum atomic E-state index is -0.227. The molecule has 0 saturated heterocycles. The molecule has 1 fully saturated rings.